The van der Waals surface area contributed by atoms with Gasteiger partial charge in [0.2, 0.25) is 0 Å². The minimum atomic E-state index is -0.906. The second-order valence-electron chi connectivity index (χ2n) is 8.23. The Hall–Kier alpha value is -3.65. The van der Waals surface area contributed by atoms with Crippen molar-refractivity contribution in [2.75, 3.05) is 32.2 Å². The summed E-state index contributed by atoms with van der Waals surface area (Å²) >= 11 is 0. The molecule has 1 aliphatic rings. The van der Waals surface area contributed by atoms with E-state index in [9.17, 15) is 8.78 Å². The smallest absolute Gasteiger partial charge is 0.166 e. The van der Waals surface area contributed by atoms with Crippen molar-refractivity contribution >= 4 is 16.7 Å². The molecule has 3 heterocycles. The van der Waals surface area contributed by atoms with Crippen LogP contribution in [0.2, 0.25) is 0 Å². The van der Waals surface area contributed by atoms with Crippen LogP contribution >= 0.6 is 0 Å². The van der Waals surface area contributed by atoms with Crippen LogP contribution in [0.15, 0.2) is 54.9 Å². The van der Waals surface area contributed by atoms with Crippen LogP contribution in [0.1, 0.15) is 12.8 Å². The number of pyridine rings is 1. The van der Waals surface area contributed by atoms with Gasteiger partial charge in [0.1, 0.15) is 17.1 Å². The maximum atomic E-state index is 14.7. The zero-order chi connectivity index (χ0) is 23.5. The Balaban J connectivity index is 1.67. The highest BCUT2D eigenvalue weighted by Gasteiger charge is 2.20. The molecule has 1 N–H and O–H groups in total. The number of anilines is 1. The molecule has 34 heavy (non-hydrogen) atoms. The number of hydrogen-bond acceptors (Lipinski definition) is 6. The minimum absolute atomic E-state index is 0.149. The van der Waals surface area contributed by atoms with Crippen molar-refractivity contribution in [2.24, 2.45) is 5.92 Å². The van der Waals surface area contributed by atoms with E-state index < -0.39 is 11.6 Å². The SMILES string of the molecule is CNc1nc(-c2cccnc2)nc2c(OCC3CCOCC3)cc(-c3cccc(F)c3F)cc12. The molecule has 0 radical (unpaired) electrons. The molecule has 0 aliphatic carbocycles. The molecule has 0 bridgehead atoms. The molecule has 2 aromatic heterocycles. The van der Waals surface area contributed by atoms with Crippen LogP contribution < -0.4 is 10.1 Å². The van der Waals surface area contributed by atoms with Crippen molar-refractivity contribution in [3.8, 4) is 28.3 Å². The van der Waals surface area contributed by atoms with Crippen LogP contribution in [0, 0.1) is 17.6 Å². The van der Waals surface area contributed by atoms with Gasteiger partial charge in [0.15, 0.2) is 17.5 Å². The summed E-state index contributed by atoms with van der Waals surface area (Å²) in [5.41, 5.74) is 1.99. The molecule has 1 aliphatic heterocycles. The fraction of sp³-hybridized carbons (Fsp3) is 0.269. The van der Waals surface area contributed by atoms with E-state index in [4.69, 9.17) is 14.5 Å². The third-order valence-electron chi connectivity index (χ3n) is 6.00. The molecule has 5 rings (SSSR count). The molecule has 1 saturated heterocycles. The zero-order valence-corrected chi connectivity index (χ0v) is 18.7. The first kappa shape index (κ1) is 22.2. The first-order valence-corrected chi connectivity index (χ1v) is 11.2. The number of nitrogens with zero attached hydrogens (tertiary/aromatic N) is 3. The average Bonchev–Trinajstić information content (AvgIpc) is 2.89. The summed E-state index contributed by atoms with van der Waals surface area (Å²) < 4.78 is 40.4. The van der Waals surface area contributed by atoms with Crippen molar-refractivity contribution in [1.29, 1.82) is 0 Å². The van der Waals surface area contributed by atoms with E-state index in [-0.39, 0.29) is 5.56 Å². The zero-order valence-electron chi connectivity index (χ0n) is 18.7. The predicted molar refractivity (Wildman–Crippen MR) is 127 cm³/mol. The highest BCUT2D eigenvalue weighted by molar-refractivity contribution is 5.97. The molecule has 0 spiro atoms. The molecule has 0 atom stereocenters. The third-order valence-corrected chi connectivity index (χ3v) is 6.00. The number of halogens is 2. The number of nitrogens with one attached hydrogen (secondary N) is 1. The third kappa shape index (κ3) is 4.41. The molecule has 2 aromatic carbocycles. The lowest BCUT2D eigenvalue weighted by molar-refractivity contribution is 0.0500. The maximum absolute atomic E-state index is 14.7. The fourth-order valence-corrected chi connectivity index (χ4v) is 4.13. The molecule has 0 unspecified atom stereocenters. The minimum Gasteiger partial charge on any atom is -0.491 e. The number of aromatic nitrogens is 3. The van der Waals surface area contributed by atoms with Gasteiger partial charge in [-0.05, 0) is 54.7 Å². The molecule has 0 saturated carbocycles. The van der Waals surface area contributed by atoms with Gasteiger partial charge in [-0.3, -0.25) is 4.98 Å². The standard InChI is InChI=1S/C26H24F2N4O2/c1-29-26-20-12-18(19-5-2-6-21(27)23(19)28)13-22(34-15-16-7-10-33-11-8-16)24(20)31-25(32-26)17-4-3-9-30-14-17/h2-6,9,12-14,16H,7-8,10-11,15H2,1H3,(H,29,31,32). The molecular weight excluding hydrogens is 438 g/mol. The summed E-state index contributed by atoms with van der Waals surface area (Å²) in [6.45, 7) is 1.90. The molecule has 0 amide bonds. The topological polar surface area (TPSA) is 69.2 Å². The van der Waals surface area contributed by atoms with Gasteiger partial charge in [0, 0.05) is 49.2 Å². The van der Waals surface area contributed by atoms with Crippen LogP contribution in [0.3, 0.4) is 0 Å². The van der Waals surface area contributed by atoms with Crippen molar-refractivity contribution in [3.05, 3.63) is 66.5 Å². The van der Waals surface area contributed by atoms with Crippen LogP contribution in [0.5, 0.6) is 5.75 Å². The van der Waals surface area contributed by atoms with Crippen molar-refractivity contribution in [2.45, 2.75) is 12.8 Å². The Morgan fingerprint density at radius 1 is 1.06 bits per heavy atom. The lowest BCUT2D eigenvalue weighted by Gasteiger charge is -2.23. The maximum Gasteiger partial charge on any atom is 0.166 e. The highest BCUT2D eigenvalue weighted by Crippen LogP contribution is 2.37. The fourth-order valence-electron chi connectivity index (χ4n) is 4.13. The van der Waals surface area contributed by atoms with E-state index in [0.29, 0.717) is 59.6 Å². The Kier molecular flexibility index (Phi) is 6.31. The monoisotopic (exact) mass is 462 g/mol. The van der Waals surface area contributed by atoms with Gasteiger partial charge in [-0.15, -0.1) is 0 Å². The summed E-state index contributed by atoms with van der Waals surface area (Å²) in [7, 11) is 1.76. The van der Waals surface area contributed by atoms with Crippen molar-refractivity contribution < 1.29 is 18.3 Å². The van der Waals surface area contributed by atoms with Crippen LogP contribution in [-0.4, -0.2) is 41.8 Å². The van der Waals surface area contributed by atoms with Crippen LogP contribution in [0.25, 0.3) is 33.4 Å². The second kappa shape index (κ2) is 9.69. The number of rotatable bonds is 6. The van der Waals surface area contributed by atoms with Gasteiger partial charge in [0.25, 0.3) is 0 Å². The van der Waals surface area contributed by atoms with Crippen LogP contribution in [-0.2, 0) is 4.74 Å². The lowest BCUT2D eigenvalue weighted by atomic mass is 10.0. The Bertz CT molecular complexity index is 1310. The summed E-state index contributed by atoms with van der Waals surface area (Å²) in [5.74, 6) is 0.0767. The number of benzene rings is 2. The highest BCUT2D eigenvalue weighted by atomic mass is 19.2. The quantitative estimate of drug-likeness (QED) is 0.409. The van der Waals surface area contributed by atoms with E-state index in [2.05, 4.69) is 15.3 Å². The van der Waals surface area contributed by atoms with Gasteiger partial charge in [-0.2, -0.15) is 0 Å². The second-order valence-corrected chi connectivity index (χ2v) is 8.23. The summed E-state index contributed by atoms with van der Waals surface area (Å²) in [6, 6.07) is 11.3. The summed E-state index contributed by atoms with van der Waals surface area (Å²) in [6.07, 6.45) is 5.20. The van der Waals surface area contributed by atoms with E-state index in [1.165, 1.54) is 6.07 Å². The molecule has 4 aromatic rings. The molecule has 8 heteroatoms. The lowest BCUT2D eigenvalue weighted by Crippen LogP contribution is -2.21. The van der Waals surface area contributed by atoms with Crippen molar-refractivity contribution in [1.82, 2.24) is 15.0 Å². The van der Waals surface area contributed by atoms with Gasteiger partial charge in [0.05, 0.1) is 6.61 Å². The van der Waals surface area contributed by atoms with E-state index in [0.717, 1.165) is 24.5 Å². The molecule has 1 fully saturated rings. The Morgan fingerprint density at radius 3 is 2.68 bits per heavy atom. The summed E-state index contributed by atoms with van der Waals surface area (Å²) in [4.78, 5) is 13.6. The normalized spacial score (nSPS) is 14.3. The van der Waals surface area contributed by atoms with Gasteiger partial charge < -0.3 is 14.8 Å². The first-order chi connectivity index (χ1) is 16.6. The van der Waals surface area contributed by atoms with E-state index in [1.807, 2.05) is 12.1 Å². The van der Waals surface area contributed by atoms with Crippen LogP contribution in [0.4, 0.5) is 14.6 Å². The Labute approximate surface area is 196 Å². The average molecular weight is 463 g/mol. The van der Waals surface area contributed by atoms with Gasteiger partial charge in [-0.25, -0.2) is 18.7 Å². The molecule has 6 nitrogen and oxygen atoms in total. The number of fused-ring (bicyclic) bond motifs is 1. The predicted octanol–water partition coefficient (Wildman–Crippen LogP) is 5.48. The molecule has 174 valence electrons. The molecular formula is C26H24F2N4O2. The number of hydrogen-bond donors (Lipinski definition) is 1. The van der Waals surface area contributed by atoms with Gasteiger partial charge in [-0.1, -0.05) is 12.1 Å². The van der Waals surface area contributed by atoms with Crippen molar-refractivity contribution in [3.63, 3.8) is 0 Å². The van der Waals surface area contributed by atoms with E-state index in [1.54, 1.807) is 37.6 Å². The Morgan fingerprint density at radius 2 is 1.91 bits per heavy atom. The van der Waals surface area contributed by atoms with E-state index >= 15 is 0 Å². The summed E-state index contributed by atoms with van der Waals surface area (Å²) in [5, 5.41) is 3.76. The first-order valence-electron chi connectivity index (χ1n) is 11.2. The largest absolute Gasteiger partial charge is 0.491 e. The number of ether oxygens (including phenoxy) is 2. The van der Waals surface area contributed by atoms with Gasteiger partial charge >= 0.3 is 0 Å².